The third-order valence-corrected chi connectivity index (χ3v) is 4.47. The quantitative estimate of drug-likeness (QED) is 0.933. The van der Waals surface area contributed by atoms with Gasteiger partial charge in [-0.05, 0) is 29.8 Å². The summed E-state index contributed by atoms with van der Waals surface area (Å²) in [7, 11) is 0. The van der Waals surface area contributed by atoms with E-state index in [1.807, 2.05) is 17.0 Å². The van der Waals surface area contributed by atoms with Gasteiger partial charge in [0.1, 0.15) is 5.82 Å². The van der Waals surface area contributed by atoms with E-state index >= 15 is 0 Å². The first-order valence-electron chi connectivity index (χ1n) is 7.34. The van der Waals surface area contributed by atoms with Crippen molar-refractivity contribution in [1.82, 2.24) is 9.88 Å². The molecule has 0 amide bonds. The van der Waals surface area contributed by atoms with Crippen molar-refractivity contribution < 1.29 is 14.3 Å². The van der Waals surface area contributed by atoms with Gasteiger partial charge in [-0.15, -0.1) is 0 Å². The maximum atomic E-state index is 13.7. The van der Waals surface area contributed by atoms with Crippen LogP contribution in [0.25, 0.3) is 0 Å². The lowest BCUT2D eigenvalue weighted by Gasteiger charge is -2.16. The number of rotatable bonds is 4. The van der Waals surface area contributed by atoms with Crippen LogP contribution in [0.1, 0.15) is 17.2 Å². The van der Waals surface area contributed by atoms with Crippen LogP contribution in [0.5, 0.6) is 0 Å². The largest absolute Gasteiger partial charge is 0.481 e. The van der Waals surface area contributed by atoms with Crippen molar-refractivity contribution in [3.8, 4) is 0 Å². The minimum atomic E-state index is -0.839. The summed E-state index contributed by atoms with van der Waals surface area (Å²) < 4.78 is 13.7. The third kappa shape index (κ3) is 3.51. The van der Waals surface area contributed by atoms with Gasteiger partial charge in [-0.2, -0.15) is 0 Å². The number of hydrogen-bond acceptors (Lipinski definition) is 3. The molecule has 4 nitrogen and oxygen atoms in total. The first kappa shape index (κ1) is 15.9. The fraction of sp³-hybridized carbons (Fsp3) is 0.294. The van der Waals surface area contributed by atoms with Gasteiger partial charge in [0.2, 0.25) is 0 Å². The summed E-state index contributed by atoms with van der Waals surface area (Å²) in [5.74, 6) is -1.87. The van der Waals surface area contributed by atoms with Crippen molar-refractivity contribution in [3.05, 3.63) is 64.7 Å². The highest BCUT2D eigenvalue weighted by atomic mass is 35.5. The maximum absolute atomic E-state index is 13.7. The lowest BCUT2D eigenvalue weighted by Crippen LogP contribution is -2.24. The van der Waals surface area contributed by atoms with Gasteiger partial charge in [-0.1, -0.05) is 23.7 Å². The Kier molecular flexibility index (Phi) is 4.59. The number of aliphatic carboxylic acids is 1. The Balaban J connectivity index is 1.80. The molecule has 0 aliphatic carbocycles. The molecule has 1 aromatic carbocycles. The molecule has 120 valence electrons. The molecule has 6 heteroatoms. The molecule has 0 unspecified atom stereocenters. The summed E-state index contributed by atoms with van der Waals surface area (Å²) in [5, 5.41) is 10.1. The van der Waals surface area contributed by atoms with Gasteiger partial charge in [-0.3, -0.25) is 14.7 Å². The van der Waals surface area contributed by atoms with Crippen LogP contribution >= 0.6 is 11.6 Å². The standard InChI is InChI=1S/C17H16ClFN2O2/c18-12-5-3-11(4-6-12)13-8-21(9-14(13)17(22)23)10-16-15(19)2-1-7-20-16/h1-7,13-14H,8-10H2,(H,22,23)/t13-,14+/m0/s1. The Morgan fingerprint density at radius 2 is 2.04 bits per heavy atom. The molecule has 1 aliphatic heterocycles. The highest BCUT2D eigenvalue weighted by Gasteiger charge is 2.38. The van der Waals surface area contributed by atoms with E-state index in [-0.39, 0.29) is 11.7 Å². The smallest absolute Gasteiger partial charge is 0.308 e. The fourth-order valence-corrected chi connectivity index (χ4v) is 3.18. The van der Waals surface area contributed by atoms with Gasteiger partial charge < -0.3 is 5.11 Å². The Morgan fingerprint density at radius 3 is 2.70 bits per heavy atom. The van der Waals surface area contributed by atoms with Gasteiger partial charge >= 0.3 is 5.97 Å². The number of benzene rings is 1. The SMILES string of the molecule is O=C(O)[C@@H]1CN(Cc2ncccc2F)C[C@H]1c1ccc(Cl)cc1. The number of carbonyl (C=O) groups is 1. The van der Waals surface area contributed by atoms with Gasteiger partial charge in [-0.25, -0.2) is 4.39 Å². The third-order valence-electron chi connectivity index (χ3n) is 4.22. The summed E-state index contributed by atoms with van der Waals surface area (Å²) in [5.41, 5.74) is 1.28. The number of aromatic nitrogens is 1. The number of nitrogens with zero attached hydrogens (tertiary/aromatic N) is 2. The topological polar surface area (TPSA) is 53.4 Å². The van der Waals surface area contributed by atoms with Crippen molar-refractivity contribution in [3.63, 3.8) is 0 Å². The van der Waals surface area contributed by atoms with Crippen molar-refractivity contribution in [2.45, 2.75) is 12.5 Å². The summed E-state index contributed by atoms with van der Waals surface area (Å²) >= 11 is 5.89. The molecule has 1 aromatic heterocycles. The molecule has 1 aliphatic rings. The van der Waals surface area contributed by atoms with E-state index in [2.05, 4.69) is 4.98 Å². The molecule has 0 spiro atoms. The normalized spacial score (nSPS) is 21.5. The van der Waals surface area contributed by atoms with Crippen molar-refractivity contribution in [2.75, 3.05) is 13.1 Å². The van der Waals surface area contributed by atoms with Crippen LogP contribution in [0.4, 0.5) is 4.39 Å². The van der Waals surface area contributed by atoms with E-state index in [4.69, 9.17) is 11.6 Å². The summed E-state index contributed by atoms with van der Waals surface area (Å²) in [4.78, 5) is 17.5. The van der Waals surface area contributed by atoms with E-state index in [1.165, 1.54) is 6.07 Å². The Labute approximate surface area is 138 Å². The molecule has 1 fully saturated rings. The molecule has 23 heavy (non-hydrogen) atoms. The van der Waals surface area contributed by atoms with Crippen LogP contribution in [-0.4, -0.2) is 34.0 Å². The number of carboxylic acid groups (broad SMARTS) is 1. The van der Waals surface area contributed by atoms with Crippen molar-refractivity contribution in [1.29, 1.82) is 0 Å². The van der Waals surface area contributed by atoms with Gasteiger partial charge in [0.15, 0.2) is 0 Å². The molecule has 0 saturated carbocycles. The number of pyridine rings is 1. The van der Waals surface area contributed by atoms with Crippen molar-refractivity contribution in [2.24, 2.45) is 5.92 Å². The summed E-state index contributed by atoms with van der Waals surface area (Å²) in [6, 6.07) is 10.1. The van der Waals surface area contributed by atoms with E-state index in [9.17, 15) is 14.3 Å². The lowest BCUT2D eigenvalue weighted by atomic mass is 9.89. The maximum Gasteiger partial charge on any atom is 0.308 e. The predicted molar refractivity (Wildman–Crippen MR) is 84.8 cm³/mol. The van der Waals surface area contributed by atoms with Crippen molar-refractivity contribution >= 4 is 17.6 Å². The van der Waals surface area contributed by atoms with Crippen LogP contribution in [-0.2, 0) is 11.3 Å². The molecule has 0 radical (unpaired) electrons. The van der Waals surface area contributed by atoms with Crippen LogP contribution in [0, 0.1) is 11.7 Å². The van der Waals surface area contributed by atoms with E-state index in [0.29, 0.717) is 30.4 Å². The number of hydrogen-bond donors (Lipinski definition) is 1. The molecule has 1 saturated heterocycles. The molecule has 2 aromatic rings. The molecular weight excluding hydrogens is 319 g/mol. The molecule has 0 bridgehead atoms. The summed E-state index contributed by atoms with van der Waals surface area (Å²) in [6.45, 7) is 1.23. The molecular formula is C17H16ClFN2O2. The summed E-state index contributed by atoms with van der Waals surface area (Å²) in [6.07, 6.45) is 1.54. The first-order chi connectivity index (χ1) is 11.0. The molecule has 2 heterocycles. The van der Waals surface area contributed by atoms with Gasteiger partial charge in [0.25, 0.3) is 0 Å². The minimum Gasteiger partial charge on any atom is -0.481 e. The minimum absolute atomic E-state index is 0.142. The second kappa shape index (κ2) is 6.64. The Bertz CT molecular complexity index is 708. The zero-order valence-corrected chi connectivity index (χ0v) is 13.1. The first-order valence-corrected chi connectivity index (χ1v) is 7.72. The highest BCUT2D eigenvalue weighted by Crippen LogP contribution is 2.34. The zero-order valence-electron chi connectivity index (χ0n) is 12.3. The molecule has 3 rings (SSSR count). The second-order valence-corrected chi connectivity index (χ2v) is 6.17. The van der Waals surface area contributed by atoms with E-state index in [1.54, 1.807) is 24.4 Å². The van der Waals surface area contributed by atoms with Gasteiger partial charge in [0.05, 0.1) is 11.6 Å². The molecule has 2 atom stereocenters. The Morgan fingerprint density at radius 1 is 1.30 bits per heavy atom. The highest BCUT2D eigenvalue weighted by molar-refractivity contribution is 6.30. The Hall–Kier alpha value is -1.98. The average Bonchev–Trinajstić information content (AvgIpc) is 2.94. The van der Waals surface area contributed by atoms with Crippen LogP contribution < -0.4 is 0 Å². The van der Waals surface area contributed by atoms with Crippen LogP contribution in [0.3, 0.4) is 0 Å². The zero-order chi connectivity index (χ0) is 16.4. The number of carboxylic acids is 1. The predicted octanol–water partition coefficient (Wildman–Crippen LogP) is 3.17. The fourth-order valence-electron chi connectivity index (χ4n) is 3.06. The number of halogens is 2. The average molecular weight is 335 g/mol. The van der Waals surface area contributed by atoms with Gasteiger partial charge in [0, 0.05) is 36.8 Å². The van der Waals surface area contributed by atoms with Crippen LogP contribution in [0.2, 0.25) is 5.02 Å². The van der Waals surface area contributed by atoms with E-state index in [0.717, 1.165) is 5.56 Å². The number of likely N-dealkylation sites (tertiary alicyclic amines) is 1. The monoisotopic (exact) mass is 334 g/mol. The van der Waals surface area contributed by atoms with E-state index < -0.39 is 11.9 Å². The second-order valence-electron chi connectivity index (χ2n) is 5.73. The molecule has 1 N–H and O–H groups in total. The lowest BCUT2D eigenvalue weighted by molar-refractivity contribution is -0.141. The van der Waals surface area contributed by atoms with Crippen LogP contribution in [0.15, 0.2) is 42.6 Å².